The van der Waals surface area contributed by atoms with Crippen molar-refractivity contribution < 1.29 is 13.2 Å². The van der Waals surface area contributed by atoms with Gasteiger partial charge in [-0.25, -0.2) is 18.1 Å². The number of carbonyl (C=O) groups excluding carboxylic acids is 1. The number of pyridine rings is 1. The number of anilines is 1. The minimum atomic E-state index is -4.02. The van der Waals surface area contributed by atoms with Gasteiger partial charge in [0, 0.05) is 18.1 Å². The Morgan fingerprint density at radius 1 is 1.00 bits per heavy atom. The van der Waals surface area contributed by atoms with E-state index in [1.165, 1.54) is 29.7 Å². The molecule has 5 rings (SSSR count). The molecule has 0 radical (unpaired) electrons. The first kappa shape index (κ1) is 25.2. The number of aromatic nitrogens is 2. The molecule has 2 aromatic heterocycles. The topological polar surface area (TPSA) is 125 Å². The number of thiazole rings is 1. The van der Waals surface area contributed by atoms with Crippen molar-refractivity contribution in [1.29, 1.82) is 5.26 Å². The van der Waals surface area contributed by atoms with Crippen molar-refractivity contribution in [3.05, 3.63) is 119 Å². The Hall–Kier alpha value is -4.43. The van der Waals surface area contributed by atoms with Crippen LogP contribution in [0.3, 0.4) is 0 Å². The number of para-hydroxylation sites is 1. The normalized spacial score (nSPS) is 12.1. The van der Waals surface area contributed by atoms with Gasteiger partial charge in [0.15, 0.2) is 0 Å². The van der Waals surface area contributed by atoms with E-state index in [9.17, 15) is 18.5 Å². The summed E-state index contributed by atoms with van der Waals surface area (Å²) in [6.07, 6.45) is 3.29. The molecule has 0 aliphatic heterocycles. The Labute approximate surface area is 223 Å². The molecule has 1 atom stereocenters. The monoisotopic (exact) mass is 539 g/mol. The summed E-state index contributed by atoms with van der Waals surface area (Å²) in [4.78, 5) is 21.2. The molecule has 0 bridgehead atoms. The van der Waals surface area contributed by atoms with Crippen molar-refractivity contribution >= 4 is 43.2 Å². The third kappa shape index (κ3) is 5.76. The van der Waals surface area contributed by atoms with Crippen LogP contribution in [0.4, 0.5) is 5.69 Å². The van der Waals surface area contributed by atoms with Crippen molar-refractivity contribution in [3.63, 3.8) is 0 Å². The first-order valence-corrected chi connectivity index (χ1v) is 13.9. The van der Waals surface area contributed by atoms with Gasteiger partial charge >= 0.3 is 0 Å². The van der Waals surface area contributed by atoms with Crippen molar-refractivity contribution in [2.75, 3.05) is 5.32 Å². The van der Waals surface area contributed by atoms with E-state index in [1.807, 2.05) is 30.3 Å². The molecule has 38 heavy (non-hydrogen) atoms. The minimum absolute atomic E-state index is 0.00151. The average molecular weight is 540 g/mol. The number of benzene rings is 3. The summed E-state index contributed by atoms with van der Waals surface area (Å²) in [6, 6.07) is 25.4. The summed E-state index contributed by atoms with van der Waals surface area (Å²) in [7, 11) is -4.02. The van der Waals surface area contributed by atoms with E-state index in [4.69, 9.17) is 0 Å². The van der Waals surface area contributed by atoms with E-state index in [-0.39, 0.29) is 4.90 Å². The zero-order chi connectivity index (χ0) is 26.5. The maximum absolute atomic E-state index is 13.5. The van der Waals surface area contributed by atoms with Gasteiger partial charge in [0.2, 0.25) is 10.0 Å². The fourth-order valence-electron chi connectivity index (χ4n) is 3.92. The molecule has 0 aliphatic rings. The summed E-state index contributed by atoms with van der Waals surface area (Å²) in [5, 5.41) is 12.6. The van der Waals surface area contributed by atoms with E-state index in [0.29, 0.717) is 28.2 Å². The summed E-state index contributed by atoms with van der Waals surface area (Å²) in [5.41, 5.74) is 2.76. The van der Waals surface area contributed by atoms with Crippen molar-refractivity contribution in [2.45, 2.75) is 17.4 Å². The molecule has 0 fully saturated rings. The summed E-state index contributed by atoms with van der Waals surface area (Å²) < 4.78 is 30.8. The van der Waals surface area contributed by atoms with Crippen LogP contribution < -0.4 is 10.0 Å². The van der Waals surface area contributed by atoms with Crippen LogP contribution in [0.5, 0.6) is 0 Å². The Morgan fingerprint density at radius 3 is 2.63 bits per heavy atom. The zero-order valence-corrected chi connectivity index (χ0v) is 21.5. The maximum Gasteiger partial charge on any atom is 0.257 e. The predicted molar refractivity (Wildman–Crippen MR) is 146 cm³/mol. The number of nitrogens with one attached hydrogen (secondary N) is 2. The smallest absolute Gasteiger partial charge is 0.257 e. The standard InChI is InChI=1S/C28H21N5O3S2/c29-17-20-7-3-6-19(14-20)15-25(28-32-24-11-1-2-12-26(24)37-28)33-38(35,36)23-10-4-9-22(16-23)31-27(34)21-8-5-13-30-18-21/h1-14,16,18,25,33H,15H2,(H,31,34). The van der Waals surface area contributed by atoms with Gasteiger partial charge in [0.25, 0.3) is 5.91 Å². The highest BCUT2D eigenvalue weighted by molar-refractivity contribution is 7.89. The number of carbonyl (C=O) groups is 1. The number of hydrogen-bond acceptors (Lipinski definition) is 7. The second-order valence-electron chi connectivity index (χ2n) is 8.43. The lowest BCUT2D eigenvalue weighted by molar-refractivity contribution is 0.102. The molecule has 2 heterocycles. The minimum Gasteiger partial charge on any atom is -0.322 e. The molecule has 2 N–H and O–H groups in total. The maximum atomic E-state index is 13.5. The summed E-state index contributed by atoms with van der Waals surface area (Å²) in [6.45, 7) is 0. The second-order valence-corrected chi connectivity index (χ2v) is 11.2. The Kier molecular flexibility index (Phi) is 7.24. The van der Waals surface area contributed by atoms with Crippen LogP contribution in [0, 0.1) is 11.3 Å². The van der Waals surface area contributed by atoms with E-state index in [1.54, 1.807) is 48.7 Å². The second kappa shape index (κ2) is 10.9. The Bertz CT molecular complexity index is 1730. The van der Waals surface area contributed by atoms with Gasteiger partial charge in [0.1, 0.15) is 5.01 Å². The number of amides is 1. The lowest BCUT2D eigenvalue weighted by atomic mass is 10.0. The molecule has 0 saturated heterocycles. The number of nitriles is 1. The molecule has 5 aromatic rings. The van der Waals surface area contributed by atoms with Crippen LogP contribution >= 0.6 is 11.3 Å². The quantitative estimate of drug-likeness (QED) is 0.283. The van der Waals surface area contributed by atoms with Gasteiger partial charge in [-0.05, 0) is 66.6 Å². The molecular weight excluding hydrogens is 518 g/mol. The largest absolute Gasteiger partial charge is 0.322 e. The fraction of sp³-hybridized carbons (Fsp3) is 0.0714. The lowest BCUT2D eigenvalue weighted by Crippen LogP contribution is -2.30. The van der Waals surface area contributed by atoms with Gasteiger partial charge < -0.3 is 5.32 Å². The predicted octanol–water partition coefficient (Wildman–Crippen LogP) is 5.08. The highest BCUT2D eigenvalue weighted by Gasteiger charge is 2.25. The summed E-state index contributed by atoms with van der Waals surface area (Å²) in [5.74, 6) is -0.398. The highest BCUT2D eigenvalue weighted by atomic mass is 32.2. The number of sulfonamides is 1. The molecular formula is C28H21N5O3S2. The average Bonchev–Trinajstić information content (AvgIpc) is 3.38. The molecule has 0 aliphatic carbocycles. The number of hydrogen-bond donors (Lipinski definition) is 2. The lowest BCUT2D eigenvalue weighted by Gasteiger charge is -2.17. The first-order chi connectivity index (χ1) is 18.4. The Morgan fingerprint density at radius 2 is 1.84 bits per heavy atom. The van der Waals surface area contributed by atoms with Gasteiger partial charge in [-0.3, -0.25) is 9.78 Å². The Balaban J connectivity index is 1.44. The number of rotatable bonds is 8. The van der Waals surface area contributed by atoms with E-state index >= 15 is 0 Å². The number of fused-ring (bicyclic) bond motifs is 1. The van der Waals surface area contributed by atoms with Crippen LogP contribution in [-0.2, 0) is 16.4 Å². The van der Waals surface area contributed by atoms with Gasteiger partial charge in [-0.1, -0.05) is 30.3 Å². The molecule has 0 saturated carbocycles. The SMILES string of the molecule is N#Cc1cccc(CC(NS(=O)(=O)c2cccc(NC(=O)c3cccnc3)c2)c2nc3ccccc3s2)c1. The van der Waals surface area contributed by atoms with Crippen LogP contribution in [0.25, 0.3) is 10.2 Å². The van der Waals surface area contributed by atoms with Gasteiger partial charge in [-0.2, -0.15) is 5.26 Å². The number of nitrogens with zero attached hydrogens (tertiary/aromatic N) is 3. The zero-order valence-electron chi connectivity index (χ0n) is 19.9. The molecule has 10 heteroatoms. The van der Waals surface area contributed by atoms with E-state index in [0.717, 1.165) is 15.8 Å². The van der Waals surface area contributed by atoms with Crippen molar-refractivity contribution in [1.82, 2.24) is 14.7 Å². The third-order valence-corrected chi connectivity index (χ3v) is 8.35. The highest BCUT2D eigenvalue weighted by Crippen LogP contribution is 2.30. The molecule has 1 unspecified atom stereocenters. The van der Waals surface area contributed by atoms with E-state index in [2.05, 4.69) is 26.1 Å². The molecule has 1 amide bonds. The van der Waals surface area contributed by atoms with Gasteiger partial charge in [-0.15, -0.1) is 11.3 Å². The molecule has 3 aromatic carbocycles. The van der Waals surface area contributed by atoms with Crippen LogP contribution in [0.15, 0.2) is 102 Å². The molecule has 8 nitrogen and oxygen atoms in total. The van der Waals surface area contributed by atoms with Crippen molar-refractivity contribution in [2.24, 2.45) is 0 Å². The summed E-state index contributed by atoms with van der Waals surface area (Å²) >= 11 is 1.41. The fourth-order valence-corrected chi connectivity index (χ4v) is 6.26. The first-order valence-electron chi connectivity index (χ1n) is 11.6. The third-order valence-electron chi connectivity index (χ3n) is 5.73. The van der Waals surface area contributed by atoms with Gasteiger partial charge in [0.05, 0.1) is 38.4 Å². The van der Waals surface area contributed by atoms with E-state index < -0.39 is 22.0 Å². The van der Waals surface area contributed by atoms with Crippen molar-refractivity contribution in [3.8, 4) is 6.07 Å². The van der Waals surface area contributed by atoms with Crippen LogP contribution in [-0.4, -0.2) is 24.3 Å². The molecule has 0 spiro atoms. The van der Waals surface area contributed by atoms with Crippen LogP contribution in [0.2, 0.25) is 0 Å². The van der Waals surface area contributed by atoms with Crippen LogP contribution in [0.1, 0.15) is 32.5 Å². The molecule has 188 valence electrons.